The maximum absolute atomic E-state index is 15.2. The standard InChI is InChI=1S/C36H32Cl3N3O6/c1-3-14-41-32(44)24-12-11-22-25(30(24)34(41)46)17-26-33(45)42(40-29-13-6-19(37)15-28(29)39)35(47)36(26,18-4-8-21(48-2)9-5-18)31(22)23-10-7-20(43)16-27(23)38/h4-11,13,15-16,24-26,30-31,40,43H,3,12,14,17H2,1-2H3. The number of likely N-dealkylation sites (tertiary alicyclic amines) is 1. The highest BCUT2D eigenvalue weighted by atomic mass is 35.5. The number of carbonyl (C=O) groups is 4. The van der Waals surface area contributed by atoms with Crippen molar-refractivity contribution in [1.29, 1.82) is 0 Å². The monoisotopic (exact) mass is 707 g/mol. The number of phenols is 1. The van der Waals surface area contributed by atoms with Crippen molar-refractivity contribution in [2.24, 2.45) is 23.7 Å². The molecule has 2 saturated heterocycles. The third-order valence-electron chi connectivity index (χ3n) is 10.4. The predicted octanol–water partition coefficient (Wildman–Crippen LogP) is 6.76. The first-order chi connectivity index (χ1) is 23.0. The van der Waals surface area contributed by atoms with Crippen molar-refractivity contribution < 1.29 is 29.0 Å². The summed E-state index contributed by atoms with van der Waals surface area (Å²) in [5.41, 5.74) is 3.56. The van der Waals surface area contributed by atoms with E-state index in [-0.39, 0.29) is 34.0 Å². The number of anilines is 1. The third-order valence-corrected chi connectivity index (χ3v) is 11.3. The van der Waals surface area contributed by atoms with Crippen molar-refractivity contribution in [2.45, 2.75) is 37.5 Å². The van der Waals surface area contributed by atoms with Crippen LogP contribution in [0.15, 0.2) is 72.3 Å². The summed E-state index contributed by atoms with van der Waals surface area (Å²) < 4.78 is 5.43. The summed E-state index contributed by atoms with van der Waals surface area (Å²) >= 11 is 19.5. The van der Waals surface area contributed by atoms with Crippen LogP contribution in [0.25, 0.3) is 0 Å². The number of aromatic hydroxyl groups is 1. The number of hydrogen-bond donors (Lipinski definition) is 2. The van der Waals surface area contributed by atoms with Crippen LogP contribution in [0.3, 0.4) is 0 Å². The number of nitrogens with zero attached hydrogens (tertiary/aromatic N) is 2. The summed E-state index contributed by atoms with van der Waals surface area (Å²) in [6.45, 7) is 2.23. The molecule has 3 aromatic rings. The molecule has 2 aliphatic carbocycles. The summed E-state index contributed by atoms with van der Waals surface area (Å²) in [6, 6.07) is 16.3. The van der Waals surface area contributed by atoms with Gasteiger partial charge in [-0.1, -0.05) is 71.6 Å². The zero-order valence-corrected chi connectivity index (χ0v) is 28.4. The van der Waals surface area contributed by atoms with E-state index in [9.17, 15) is 19.5 Å². The van der Waals surface area contributed by atoms with Crippen molar-refractivity contribution in [2.75, 3.05) is 19.1 Å². The molecule has 0 bridgehead atoms. The van der Waals surface area contributed by atoms with Gasteiger partial charge < -0.3 is 9.84 Å². The first kappa shape index (κ1) is 32.5. The number of rotatable bonds is 7. The number of hydrogen-bond acceptors (Lipinski definition) is 7. The molecule has 2 aliphatic heterocycles. The van der Waals surface area contributed by atoms with Gasteiger partial charge in [-0.15, -0.1) is 0 Å². The summed E-state index contributed by atoms with van der Waals surface area (Å²) in [7, 11) is 1.54. The fourth-order valence-corrected chi connectivity index (χ4v) is 9.18. The fraction of sp³-hybridized carbons (Fsp3) is 0.333. The molecule has 4 aliphatic rings. The van der Waals surface area contributed by atoms with Gasteiger partial charge in [0.15, 0.2) is 0 Å². The van der Waals surface area contributed by atoms with Gasteiger partial charge in [0.2, 0.25) is 11.8 Å². The lowest BCUT2D eigenvalue weighted by Crippen LogP contribution is -2.53. The first-order valence-electron chi connectivity index (χ1n) is 15.8. The summed E-state index contributed by atoms with van der Waals surface area (Å²) in [5.74, 6) is -4.59. The largest absolute Gasteiger partial charge is 0.508 e. The van der Waals surface area contributed by atoms with Crippen LogP contribution >= 0.6 is 34.8 Å². The molecule has 6 unspecified atom stereocenters. The minimum Gasteiger partial charge on any atom is -0.508 e. The second kappa shape index (κ2) is 12.1. The van der Waals surface area contributed by atoms with Crippen LogP contribution in [0.4, 0.5) is 5.69 Å². The molecular weight excluding hydrogens is 677 g/mol. The van der Waals surface area contributed by atoms with Crippen LogP contribution in [0.5, 0.6) is 11.5 Å². The highest BCUT2D eigenvalue weighted by Gasteiger charge is 2.70. The molecule has 0 radical (unpaired) electrons. The number of nitrogens with one attached hydrogen (secondary N) is 1. The summed E-state index contributed by atoms with van der Waals surface area (Å²) in [4.78, 5) is 58.8. The Bertz CT molecular complexity index is 1900. The van der Waals surface area contributed by atoms with Gasteiger partial charge in [0.05, 0.1) is 41.0 Å². The zero-order chi connectivity index (χ0) is 34.1. The Hall–Kier alpha value is -4.05. The highest BCUT2D eigenvalue weighted by Crippen LogP contribution is 2.65. The van der Waals surface area contributed by atoms with Crippen molar-refractivity contribution in [3.8, 4) is 11.5 Å². The lowest BCUT2D eigenvalue weighted by atomic mass is 9.49. The van der Waals surface area contributed by atoms with Crippen LogP contribution in [0.2, 0.25) is 15.1 Å². The zero-order valence-electron chi connectivity index (χ0n) is 26.1. The molecule has 3 aromatic carbocycles. The topological polar surface area (TPSA) is 116 Å². The Morgan fingerprint density at radius 3 is 2.33 bits per heavy atom. The predicted molar refractivity (Wildman–Crippen MR) is 181 cm³/mol. The molecule has 0 aromatic heterocycles. The fourth-order valence-electron chi connectivity index (χ4n) is 8.45. The molecular formula is C36H32Cl3N3O6. The molecule has 12 heteroatoms. The summed E-state index contributed by atoms with van der Waals surface area (Å²) in [5, 5.41) is 12.1. The van der Waals surface area contributed by atoms with Crippen molar-refractivity contribution in [1.82, 2.24) is 9.91 Å². The lowest BCUT2D eigenvalue weighted by molar-refractivity contribution is -0.141. The van der Waals surface area contributed by atoms with Crippen molar-refractivity contribution >= 4 is 64.1 Å². The van der Waals surface area contributed by atoms with Gasteiger partial charge >= 0.3 is 0 Å². The number of allylic oxidation sites excluding steroid dienone is 2. The van der Waals surface area contributed by atoms with E-state index in [1.165, 1.54) is 30.2 Å². The van der Waals surface area contributed by atoms with Crippen LogP contribution in [0.1, 0.15) is 43.2 Å². The maximum atomic E-state index is 15.2. The van der Waals surface area contributed by atoms with Crippen molar-refractivity contribution in [3.05, 3.63) is 98.5 Å². The van der Waals surface area contributed by atoms with Crippen LogP contribution < -0.4 is 10.2 Å². The molecule has 2 heterocycles. The van der Waals surface area contributed by atoms with E-state index in [1.54, 1.807) is 42.5 Å². The number of phenolic OH excluding ortho intramolecular Hbond substituents is 1. The number of hydrazine groups is 1. The van der Waals surface area contributed by atoms with E-state index in [0.29, 0.717) is 47.0 Å². The van der Waals surface area contributed by atoms with E-state index >= 15 is 4.79 Å². The Kier molecular flexibility index (Phi) is 8.21. The van der Waals surface area contributed by atoms with Gasteiger partial charge in [-0.05, 0) is 78.8 Å². The van der Waals surface area contributed by atoms with E-state index < -0.39 is 46.8 Å². The average molecular weight is 709 g/mol. The number of fused-ring (bicyclic) bond motifs is 4. The molecule has 1 saturated carbocycles. The third kappa shape index (κ3) is 4.73. The van der Waals surface area contributed by atoms with E-state index in [4.69, 9.17) is 39.5 Å². The van der Waals surface area contributed by atoms with E-state index in [0.717, 1.165) is 10.6 Å². The molecule has 6 atom stereocenters. The SMILES string of the molecule is CCCN1C(=O)C2CC=C3C(CC4C(=O)N(Nc5ccc(Cl)cc5Cl)C(=O)C4(c4ccc(OC)cc4)C3c3ccc(O)cc3Cl)C2C1=O. The Morgan fingerprint density at radius 2 is 1.67 bits per heavy atom. The van der Waals surface area contributed by atoms with Gasteiger partial charge in [-0.25, -0.2) is 0 Å². The number of halogens is 3. The Morgan fingerprint density at radius 1 is 0.917 bits per heavy atom. The number of benzene rings is 3. The summed E-state index contributed by atoms with van der Waals surface area (Å²) in [6.07, 6.45) is 3.03. The van der Waals surface area contributed by atoms with Crippen LogP contribution in [0, 0.1) is 23.7 Å². The maximum Gasteiger partial charge on any atom is 0.260 e. The first-order valence-corrected chi connectivity index (χ1v) is 16.9. The highest BCUT2D eigenvalue weighted by molar-refractivity contribution is 6.36. The van der Waals surface area contributed by atoms with Crippen LogP contribution in [-0.2, 0) is 24.6 Å². The number of carbonyl (C=O) groups excluding carboxylic acids is 4. The second-order valence-corrected chi connectivity index (χ2v) is 14.0. The number of ether oxygens (including phenoxy) is 1. The molecule has 48 heavy (non-hydrogen) atoms. The van der Waals surface area contributed by atoms with Crippen molar-refractivity contribution in [3.63, 3.8) is 0 Å². The smallest absolute Gasteiger partial charge is 0.260 e. The molecule has 4 amide bonds. The van der Waals surface area contributed by atoms with E-state index in [2.05, 4.69) is 5.43 Å². The molecule has 0 spiro atoms. The van der Waals surface area contributed by atoms with Gasteiger partial charge in [0, 0.05) is 22.5 Å². The molecule has 3 fully saturated rings. The Labute approximate surface area is 292 Å². The molecule has 7 rings (SSSR count). The minimum absolute atomic E-state index is 0.0647. The van der Waals surface area contributed by atoms with Gasteiger partial charge in [-0.2, -0.15) is 5.01 Å². The van der Waals surface area contributed by atoms with E-state index in [1.807, 2.05) is 13.0 Å². The Balaban J connectivity index is 1.47. The second-order valence-electron chi connectivity index (χ2n) is 12.7. The van der Waals surface area contributed by atoms with Gasteiger partial charge in [0.25, 0.3) is 11.8 Å². The molecule has 9 nitrogen and oxygen atoms in total. The number of imide groups is 2. The minimum atomic E-state index is -1.54. The molecule has 248 valence electrons. The molecule has 2 N–H and O–H groups in total. The lowest BCUT2D eigenvalue weighted by Gasteiger charge is -2.50. The number of methoxy groups -OCH3 is 1. The van der Waals surface area contributed by atoms with Gasteiger partial charge in [0.1, 0.15) is 11.5 Å². The quantitative estimate of drug-likeness (QED) is 0.206. The van der Waals surface area contributed by atoms with Crippen LogP contribution in [-0.4, -0.2) is 52.3 Å². The average Bonchev–Trinajstić information content (AvgIpc) is 3.43. The number of amides is 4. The normalized spacial score (nSPS) is 27.9. The van der Waals surface area contributed by atoms with Gasteiger partial charge in [-0.3, -0.25) is 29.5 Å².